The van der Waals surface area contributed by atoms with Crippen LogP contribution in [0.2, 0.25) is 5.02 Å². The van der Waals surface area contributed by atoms with E-state index in [1.165, 1.54) is 22.5 Å². The van der Waals surface area contributed by atoms with Crippen LogP contribution in [0.3, 0.4) is 0 Å². The van der Waals surface area contributed by atoms with Gasteiger partial charge >= 0.3 is 0 Å². The third-order valence-corrected chi connectivity index (χ3v) is 6.89. The number of carbonyl (C=O) groups excluding carboxylic acids is 1. The van der Waals surface area contributed by atoms with E-state index in [0.717, 1.165) is 25.7 Å². The maximum absolute atomic E-state index is 12.9. The summed E-state index contributed by atoms with van der Waals surface area (Å²) in [6, 6.07) is 4.40. The molecule has 0 saturated carbocycles. The molecule has 0 aromatic heterocycles. The number of amides is 1. The number of carbonyl (C=O) groups is 1. The van der Waals surface area contributed by atoms with Crippen LogP contribution in [0.1, 0.15) is 36.0 Å². The lowest BCUT2D eigenvalue weighted by Gasteiger charge is -2.27. The molecule has 2 saturated heterocycles. The fourth-order valence-electron chi connectivity index (χ4n) is 3.20. The highest BCUT2D eigenvalue weighted by Crippen LogP contribution is 2.26. The van der Waals surface area contributed by atoms with Gasteiger partial charge in [0.15, 0.2) is 0 Å². The number of halogens is 1. The van der Waals surface area contributed by atoms with Crippen molar-refractivity contribution in [2.75, 3.05) is 39.4 Å². The second-order valence-corrected chi connectivity index (χ2v) is 8.71. The number of benzene rings is 1. The highest BCUT2D eigenvalue weighted by atomic mass is 35.5. The van der Waals surface area contributed by atoms with Crippen LogP contribution >= 0.6 is 11.6 Å². The molecule has 1 aromatic rings. The van der Waals surface area contributed by atoms with Crippen molar-refractivity contribution in [2.24, 2.45) is 0 Å². The van der Waals surface area contributed by atoms with Gasteiger partial charge < -0.3 is 9.64 Å². The lowest BCUT2D eigenvalue weighted by Crippen LogP contribution is -2.41. The van der Waals surface area contributed by atoms with E-state index in [9.17, 15) is 13.2 Å². The molecule has 1 aromatic carbocycles. The summed E-state index contributed by atoms with van der Waals surface area (Å²) in [6.07, 6.45) is 3.83. The summed E-state index contributed by atoms with van der Waals surface area (Å²) in [6.45, 7) is 2.98. The number of hydrogen-bond donors (Lipinski definition) is 0. The van der Waals surface area contributed by atoms with Crippen molar-refractivity contribution >= 4 is 27.5 Å². The molecule has 1 amide bonds. The van der Waals surface area contributed by atoms with Gasteiger partial charge in [0, 0.05) is 26.2 Å². The van der Waals surface area contributed by atoms with E-state index in [4.69, 9.17) is 16.3 Å². The molecule has 2 heterocycles. The zero-order valence-electron chi connectivity index (χ0n) is 14.1. The molecule has 0 N–H and O–H groups in total. The first-order valence-electron chi connectivity index (χ1n) is 8.67. The first-order valence-corrected chi connectivity index (χ1v) is 10.5. The molecule has 0 radical (unpaired) electrons. The summed E-state index contributed by atoms with van der Waals surface area (Å²) >= 11 is 6.19. The number of sulfonamides is 1. The van der Waals surface area contributed by atoms with Crippen molar-refractivity contribution in [3.63, 3.8) is 0 Å². The van der Waals surface area contributed by atoms with Gasteiger partial charge in [-0.3, -0.25) is 4.79 Å². The Bertz CT molecular complexity index is 724. The van der Waals surface area contributed by atoms with Crippen molar-refractivity contribution in [1.29, 1.82) is 0 Å². The average Bonchev–Trinajstić information content (AvgIpc) is 2.92. The number of hydrogen-bond acceptors (Lipinski definition) is 4. The van der Waals surface area contributed by atoms with E-state index in [1.54, 1.807) is 4.90 Å². The van der Waals surface area contributed by atoms with E-state index >= 15 is 0 Å². The summed E-state index contributed by atoms with van der Waals surface area (Å²) in [5, 5.41) is 0.270. The largest absolute Gasteiger partial charge is 0.378 e. The van der Waals surface area contributed by atoms with Gasteiger partial charge in [0.2, 0.25) is 10.0 Å². The van der Waals surface area contributed by atoms with Gasteiger partial charge in [0.25, 0.3) is 5.91 Å². The van der Waals surface area contributed by atoms with E-state index in [1.807, 2.05) is 0 Å². The first kappa shape index (κ1) is 18.6. The quantitative estimate of drug-likeness (QED) is 0.799. The van der Waals surface area contributed by atoms with Crippen LogP contribution in [-0.4, -0.2) is 62.9 Å². The van der Waals surface area contributed by atoms with Crippen molar-refractivity contribution in [3.8, 4) is 0 Å². The van der Waals surface area contributed by atoms with Crippen LogP contribution in [0.4, 0.5) is 0 Å². The zero-order valence-corrected chi connectivity index (χ0v) is 15.7. The van der Waals surface area contributed by atoms with Crippen LogP contribution in [0, 0.1) is 0 Å². The van der Waals surface area contributed by atoms with Gasteiger partial charge in [-0.05, 0) is 31.0 Å². The third kappa shape index (κ3) is 4.16. The zero-order chi connectivity index (χ0) is 17.9. The van der Waals surface area contributed by atoms with Gasteiger partial charge in [-0.1, -0.05) is 24.4 Å². The van der Waals surface area contributed by atoms with Crippen molar-refractivity contribution in [3.05, 3.63) is 28.8 Å². The number of nitrogens with zero attached hydrogens (tertiary/aromatic N) is 2. The lowest BCUT2D eigenvalue weighted by atomic mass is 10.2. The lowest BCUT2D eigenvalue weighted by molar-refractivity contribution is 0.0303. The summed E-state index contributed by atoms with van der Waals surface area (Å²) in [4.78, 5) is 14.5. The monoisotopic (exact) mass is 386 g/mol. The summed E-state index contributed by atoms with van der Waals surface area (Å²) < 4.78 is 32.7. The topological polar surface area (TPSA) is 66.9 Å². The molecule has 0 unspecified atom stereocenters. The first-order chi connectivity index (χ1) is 12.0. The minimum absolute atomic E-state index is 0.135. The Morgan fingerprint density at radius 1 is 1.00 bits per heavy atom. The number of ether oxygens (including phenoxy) is 1. The Labute approximate surface area is 153 Å². The minimum atomic E-state index is -3.61. The van der Waals surface area contributed by atoms with Crippen molar-refractivity contribution < 1.29 is 17.9 Å². The molecule has 0 atom stereocenters. The molecule has 6 nitrogen and oxygen atoms in total. The predicted molar refractivity (Wildman–Crippen MR) is 95.4 cm³/mol. The maximum atomic E-state index is 12.9. The Balaban J connectivity index is 1.88. The Morgan fingerprint density at radius 3 is 2.28 bits per heavy atom. The maximum Gasteiger partial charge on any atom is 0.255 e. The standard InChI is InChI=1S/C17H23ClN2O4S/c18-16-6-5-14(25(22,23)20-7-3-1-2-4-8-20)13-15(16)17(21)19-9-11-24-12-10-19/h5-6,13H,1-4,7-12H2. The van der Waals surface area contributed by atoms with Crippen LogP contribution < -0.4 is 0 Å². The van der Waals surface area contributed by atoms with Gasteiger partial charge in [0.1, 0.15) is 0 Å². The fourth-order valence-corrected chi connectivity index (χ4v) is 4.94. The fraction of sp³-hybridized carbons (Fsp3) is 0.588. The Kier molecular flexibility index (Phi) is 5.99. The Hall–Kier alpha value is -1.15. The molecule has 2 fully saturated rings. The van der Waals surface area contributed by atoms with E-state index < -0.39 is 10.0 Å². The van der Waals surface area contributed by atoms with E-state index in [-0.39, 0.29) is 21.4 Å². The molecule has 138 valence electrons. The van der Waals surface area contributed by atoms with Gasteiger partial charge in [0.05, 0.1) is 28.7 Å². The molecule has 25 heavy (non-hydrogen) atoms. The summed E-state index contributed by atoms with van der Waals surface area (Å²) in [5.41, 5.74) is 0.236. The highest BCUT2D eigenvalue weighted by Gasteiger charge is 2.28. The van der Waals surface area contributed by atoms with Crippen LogP contribution in [-0.2, 0) is 14.8 Å². The minimum Gasteiger partial charge on any atom is -0.378 e. The molecule has 2 aliphatic heterocycles. The van der Waals surface area contributed by atoms with Gasteiger partial charge in [-0.25, -0.2) is 8.42 Å². The molecular weight excluding hydrogens is 364 g/mol. The molecule has 0 aliphatic carbocycles. The van der Waals surface area contributed by atoms with Crippen LogP contribution in [0.15, 0.2) is 23.1 Å². The van der Waals surface area contributed by atoms with Crippen molar-refractivity contribution in [1.82, 2.24) is 9.21 Å². The molecule has 0 spiro atoms. The summed E-state index contributed by atoms with van der Waals surface area (Å²) in [5.74, 6) is -0.249. The van der Waals surface area contributed by atoms with Gasteiger partial charge in [-0.15, -0.1) is 0 Å². The molecule has 8 heteroatoms. The van der Waals surface area contributed by atoms with Crippen LogP contribution in [0.25, 0.3) is 0 Å². The smallest absolute Gasteiger partial charge is 0.255 e. The van der Waals surface area contributed by atoms with E-state index in [2.05, 4.69) is 0 Å². The normalized spacial score (nSPS) is 20.3. The Morgan fingerprint density at radius 2 is 1.64 bits per heavy atom. The summed E-state index contributed by atoms with van der Waals surface area (Å²) in [7, 11) is -3.61. The third-order valence-electron chi connectivity index (χ3n) is 4.67. The predicted octanol–water partition coefficient (Wildman–Crippen LogP) is 2.38. The average molecular weight is 387 g/mol. The van der Waals surface area contributed by atoms with Crippen LogP contribution in [0.5, 0.6) is 0 Å². The molecule has 3 rings (SSSR count). The number of rotatable bonds is 3. The second kappa shape index (κ2) is 8.03. The highest BCUT2D eigenvalue weighted by molar-refractivity contribution is 7.89. The molecular formula is C17H23ClN2O4S. The molecule has 0 bridgehead atoms. The number of morpholine rings is 1. The SMILES string of the molecule is O=C(c1cc(S(=O)(=O)N2CCCCCC2)ccc1Cl)N1CCOCC1. The van der Waals surface area contributed by atoms with E-state index in [0.29, 0.717) is 39.4 Å². The van der Waals surface area contributed by atoms with Crippen molar-refractivity contribution in [2.45, 2.75) is 30.6 Å². The molecule has 2 aliphatic rings. The van der Waals surface area contributed by atoms with Gasteiger partial charge in [-0.2, -0.15) is 4.31 Å². The second-order valence-electron chi connectivity index (χ2n) is 6.36.